The Balaban J connectivity index is 1.77. The van der Waals surface area contributed by atoms with Crippen molar-refractivity contribution in [2.75, 3.05) is 25.2 Å². The molecular weight excluding hydrogens is 378 g/mol. The van der Waals surface area contributed by atoms with Gasteiger partial charge in [-0.3, -0.25) is 14.9 Å². The summed E-state index contributed by atoms with van der Waals surface area (Å²) >= 11 is 2.83. The topological polar surface area (TPSA) is 62.3 Å². The van der Waals surface area contributed by atoms with E-state index in [2.05, 4.69) is 29.4 Å². The molecule has 0 aliphatic rings. The fraction of sp³-hybridized carbons (Fsp3) is 0.250. The highest BCUT2D eigenvalue weighted by atomic mass is 32.2. The molecule has 2 amide bonds. The van der Waals surface area contributed by atoms with Crippen molar-refractivity contribution in [3.05, 3.63) is 53.6 Å². The minimum Gasteiger partial charge on any atom is -0.348 e. The van der Waals surface area contributed by atoms with Crippen LogP contribution in [0, 0.1) is 0 Å². The van der Waals surface area contributed by atoms with Crippen LogP contribution < -0.4 is 5.32 Å². The molecule has 0 radical (unpaired) electrons. The summed E-state index contributed by atoms with van der Waals surface area (Å²) in [5, 5.41) is 3.47. The summed E-state index contributed by atoms with van der Waals surface area (Å²) in [5.74, 6) is 0.0800. The lowest BCUT2D eigenvalue weighted by Crippen LogP contribution is -2.23. The molecule has 1 N–H and O–H groups in total. The Morgan fingerprint density at radius 1 is 1.19 bits per heavy atom. The summed E-state index contributed by atoms with van der Waals surface area (Å²) in [6.45, 7) is 2.11. The van der Waals surface area contributed by atoms with E-state index in [1.165, 1.54) is 28.7 Å². The first-order valence-corrected chi connectivity index (χ1v) is 10.4. The molecule has 0 aliphatic carbocycles. The Bertz CT molecular complexity index is 982. The summed E-state index contributed by atoms with van der Waals surface area (Å²) in [6.07, 6.45) is 0.964. The lowest BCUT2D eigenvalue weighted by Gasteiger charge is -2.11. The van der Waals surface area contributed by atoms with Crippen molar-refractivity contribution in [2.45, 2.75) is 18.2 Å². The summed E-state index contributed by atoms with van der Waals surface area (Å²) in [6, 6.07) is 13.5. The average Bonchev–Trinajstić information content (AvgIpc) is 3.07. The number of aromatic nitrogens is 1. The Labute approximate surface area is 166 Å². The van der Waals surface area contributed by atoms with Crippen LogP contribution in [-0.2, 0) is 11.2 Å². The number of nitrogens with one attached hydrogen (secondary N) is 1. The number of amides is 2. The van der Waals surface area contributed by atoms with Gasteiger partial charge in [0.15, 0.2) is 5.13 Å². The third kappa shape index (κ3) is 4.67. The van der Waals surface area contributed by atoms with Crippen molar-refractivity contribution >= 4 is 50.3 Å². The van der Waals surface area contributed by atoms with E-state index < -0.39 is 0 Å². The molecule has 0 saturated heterocycles. The zero-order valence-corrected chi connectivity index (χ0v) is 17.1. The normalized spacial score (nSPS) is 10.8. The van der Waals surface area contributed by atoms with Gasteiger partial charge in [-0.15, -0.1) is 11.8 Å². The third-order valence-corrected chi connectivity index (χ3v) is 6.06. The molecule has 0 fully saturated rings. The number of rotatable bonds is 6. The van der Waals surface area contributed by atoms with Gasteiger partial charge in [-0.25, -0.2) is 4.98 Å². The number of anilines is 1. The van der Waals surface area contributed by atoms with E-state index in [1.54, 1.807) is 25.1 Å². The first-order chi connectivity index (χ1) is 13.0. The number of thioether (sulfide) groups is 1. The molecule has 0 spiro atoms. The molecule has 3 aromatic rings. The summed E-state index contributed by atoms with van der Waals surface area (Å²) < 4.78 is 1.06. The zero-order valence-electron chi connectivity index (χ0n) is 15.5. The molecule has 0 unspecified atom stereocenters. The van der Waals surface area contributed by atoms with Gasteiger partial charge in [0, 0.05) is 19.0 Å². The van der Waals surface area contributed by atoms with Gasteiger partial charge in [0.2, 0.25) is 5.91 Å². The molecule has 1 heterocycles. The molecule has 0 atom stereocenters. The van der Waals surface area contributed by atoms with Crippen molar-refractivity contribution in [1.82, 2.24) is 9.88 Å². The molecule has 0 bridgehead atoms. The maximum atomic E-state index is 12.8. The molecular formula is C20H21N3O2S2. The number of aryl methyl sites for hydroxylation is 1. The predicted molar refractivity (Wildman–Crippen MR) is 113 cm³/mol. The van der Waals surface area contributed by atoms with Crippen LogP contribution in [-0.4, -0.2) is 41.5 Å². The first-order valence-electron chi connectivity index (χ1n) is 8.60. The quantitative estimate of drug-likeness (QED) is 0.628. The van der Waals surface area contributed by atoms with Crippen molar-refractivity contribution in [3.63, 3.8) is 0 Å². The van der Waals surface area contributed by atoms with Gasteiger partial charge in [0.25, 0.3) is 5.91 Å². The number of nitrogens with zero attached hydrogens (tertiary/aromatic N) is 2. The summed E-state index contributed by atoms with van der Waals surface area (Å²) in [7, 11) is 3.44. The van der Waals surface area contributed by atoms with Crippen molar-refractivity contribution in [2.24, 2.45) is 0 Å². The van der Waals surface area contributed by atoms with Gasteiger partial charge in [-0.1, -0.05) is 36.5 Å². The Hall–Kier alpha value is -2.38. The SMILES string of the molecule is CCc1ccc2nc(NC(=O)c3ccccc3SCC(=O)N(C)C)sc2c1. The van der Waals surface area contributed by atoms with E-state index in [0.717, 1.165) is 21.5 Å². The lowest BCUT2D eigenvalue weighted by molar-refractivity contribution is -0.125. The highest BCUT2D eigenvalue weighted by molar-refractivity contribution is 8.00. The standard InChI is InChI=1S/C20H21N3O2S2/c1-4-13-9-10-15-17(11-13)27-20(21-15)22-19(25)14-7-5-6-8-16(14)26-12-18(24)23(2)3/h5-11H,4,12H2,1-3H3,(H,21,22,25). The number of benzene rings is 2. The van der Waals surface area contributed by atoms with Gasteiger partial charge in [0.1, 0.15) is 0 Å². The van der Waals surface area contributed by atoms with Crippen LogP contribution in [0.3, 0.4) is 0 Å². The number of carbonyl (C=O) groups is 2. The van der Waals surface area contributed by atoms with E-state index in [9.17, 15) is 9.59 Å². The Morgan fingerprint density at radius 2 is 1.96 bits per heavy atom. The van der Waals surface area contributed by atoms with Gasteiger partial charge >= 0.3 is 0 Å². The number of carbonyl (C=O) groups excluding carboxylic acids is 2. The maximum Gasteiger partial charge on any atom is 0.258 e. The summed E-state index contributed by atoms with van der Waals surface area (Å²) in [4.78, 5) is 31.4. The Kier molecular flexibility index (Phi) is 6.13. The van der Waals surface area contributed by atoms with Gasteiger partial charge < -0.3 is 4.90 Å². The highest BCUT2D eigenvalue weighted by Gasteiger charge is 2.15. The number of fused-ring (bicyclic) bond motifs is 1. The maximum absolute atomic E-state index is 12.8. The van der Waals surface area contributed by atoms with Crippen LogP contribution in [0.2, 0.25) is 0 Å². The molecule has 0 saturated carbocycles. The van der Waals surface area contributed by atoms with Crippen LogP contribution in [0.5, 0.6) is 0 Å². The van der Waals surface area contributed by atoms with E-state index in [0.29, 0.717) is 10.7 Å². The monoisotopic (exact) mass is 399 g/mol. The minimum absolute atomic E-state index is 0.00751. The van der Waals surface area contributed by atoms with Crippen LogP contribution in [0.4, 0.5) is 5.13 Å². The molecule has 1 aromatic heterocycles. The fourth-order valence-corrected chi connectivity index (χ4v) is 4.41. The van der Waals surface area contributed by atoms with E-state index in [4.69, 9.17) is 0 Å². The van der Waals surface area contributed by atoms with Crippen LogP contribution >= 0.6 is 23.1 Å². The third-order valence-electron chi connectivity index (χ3n) is 4.06. The molecule has 5 nitrogen and oxygen atoms in total. The van der Waals surface area contributed by atoms with Gasteiger partial charge in [0.05, 0.1) is 21.5 Å². The van der Waals surface area contributed by atoms with E-state index in [-0.39, 0.29) is 17.6 Å². The van der Waals surface area contributed by atoms with Crippen LogP contribution in [0.15, 0.2) is 47.4 Å². The second-order valence-electron chi connectivity index (χ2n) is 6.20. The largest absolute Gasteiger partial charge is 0.348 e. The number of thiazole rings is 1. The molecule has 3 rings (SSSR count). The van der Waals surface area contributed by atoms with Gasteiger partial charge in [-0.2, -0.15) is 0 Å². The second kappa shape index (κ2) is 8.54. The van der Waals surface area contributed by atoms with Crippen LogP contribution in [0.1, 0.15) is 22.8 Å². The van der Waals surface area contributed by atoms with Gasteiger partial charge in [-0.05, 0) is 36.2 Å². The molecule has 27 heavy (non-hydrogen) atoms. The summed E-state index contributed by atoms with van der Waals surface area (Å²) in [5.41, 5.74) is 2.67. The zero-order chi connectivity index (χ0) is 19.4. The lowest BCUT2D eigenvalue weighted by atomic mass is 10.2. The predicted octanol–water partition coefficient (Wildman–Crippen LogP) is 4.29. The number of hydrogen-bond acceptors (Lipinski definition) is 5. The van der Waals surface area contributed by atoms with Crippen molar-refractivity contribution in [3.8, 4) is 0 Å². The highest BCUT2D eigenvalue weighted by Crippen LogP contribution is 2.29. The van der Waals surface area contributed by atoms with Crippen molar-refractivity contribution < 1.29 is 9.59 Å². The average molecular weight is 400 g/mol. The molecule has 140 valence electrons. The Morgan fingerprint density at radius 3 is 2.70 bits per heavy atom. The number of hydrogen-bond donors (Lipinski definition) is 1. The minimum atomic E-state index is -0.217. The fourth-order valence-electron chi connectivity index (χ4n) is 2.46. The van der Waals surface area contributed by atoms with Crippen molar-refractivity contribution in [1.29, 1.82) is 0 Å². The molecule has 2 aromatic carbocycles. The van der Waals surface area contributed by atoms with Crippen LogP contribution in [0.25, 0.3) is 10.2 Å². The van der Waals surface area contributed by atoms with E-state index in [1.807, 2.05) is 24.3 Å². The molecule has 7 heteroatoms. The first kappa shape index (κ1) is 19.4. The molecule has 0 aliphatic heterocycles. The smallest absolute Gasteiger partial charge is 0.258 e. The van der Waals surface area contributed by atoms with E-state index >= 15 is 0 Å². The second-order valence-corrected chi connectivity index (χ2v) is 8.25.